The minimum atomic E-state index is -3.14. The summed E-state index contributed by atoms with van der Waals surface area (Å²) in [4.78, 5) is 10.9. The fraction of sp³-hybridized carbons (Fsp3) is 0.786. The van der Waals surface area contributed by atoms with Gasteiger partial charge >= 0.3 is 0 Å². The van der Waals surface area contributed by atoms with E-state index in [1.54, 1.807) is 6.07 Å². The van der Waals surface area contributed by atoms with Crippen molar-refractivity contribution in [1.82, 2.24) is 0 Å². The molecule has 0 spiro atoms. The summed E-state index contributed by atoms with van der Waals surface area (Å²) in [5, 5.41) is 9.13. The molecule has 0 bridgehead atoms. The molecule has 0 aromatic heterocycles. The number of Topliss-reactive ketones (excluding diaryl/α,β-unsaturated/α-hetero) is 1. The Bertz CT molecular complexity index is 410. The molecule has 0 heterocycles. The van der Waals surface area contributed by atoms with Crippen molar-refractivity contribution in [1.29, 1.82) is 5.26 Å². The molecule has 0 rings (SSSR count). The molecule has 0 aromatic rings. The smallest absolute Gasteiger partial charge is 0.275 e. The number of rotatable bonds is 9. The number of thioether (sulfide) groups is 2. The lowest BCUT2D eigenvalue weighted by Crippen LogP contribution is -2.40. The average Bonchev–Trinajstić information content (AvgIpc) is 2.42. The highest BCUT2D eigenvalue weighted by molar-refractivity contribution is 8.47. The lowest BCUT2D eigenvalue weighted by atomic mass is 9.80. The van der Waals surface area contributed by atoms with Gasteiger partial charge in [-0.15, -0.1) is 23.5 Å². The highest BCUT2D eigenvalue weighted by Gasteiger charge is 2.50. The molecule has 120 valence electrons. The Morgan fingerprint density at radius 1 is 1.38 bits per heavy atom. The number of carbonyl (C=O) groups is 1. The van der Waals surface area contributed by atoms with E-state index in [4.69, 9.17) is 17.5 Å². The molecule has 1 atom stereocenters. The normalized spacial score (nSPS) is 14.3. The molecule has 0 aliphatic rings. The molecule has 0 saturated heterocycles. The predicted octanol–water partition coefficient (Wildman–Crippen LogP) is 5.07. The Hall–Kier alpha value is -0.190. The first kappa shape index (κ1) is 20.8. The van der Waals surface area contributed by atoms with Crippen molar-refractivity contribution in [3.8, 4) is 6.07 Å². The number of carbonyl (C=O) groups excluding carboxylic acids is 1. The number of hydrogen-bond donors (Lipinski definition) is 0. The van der Waals surface area contributed by atoms with Gasteiger partial charge in [0.25, 0.3) is 5.92 Å². The van der Waals surface area contributed by atoms with Gasteiger partial charge in [0, 0.05) is 6.42 Å². The third kappa shape index (κ3) is 7.57. The van der Waals surface area contributed by atoms with Crippen LogP contribution in [0.5, 0.6) is 0 Å². The topological polar surface area (TPSA) is 40.9 Å². The van der Waals surface area contributed by atoms with Crippen molar-refractivity contribution in [3.05, 3.63) is 0 Å². The number of halogens is 2. The summed E-state index contributed by atoms with van der Waals surface area (Å²) in [5.41, 5.74) is -1.76. The maximum Gasteiger partial charge on any atom is 0.275 e. The number of alkyl halides is 2. The van der Waals surface area contributed by atoms with Crippen LogP contribution in [0.15, 0.2) is 0 Å². The van der Waals surface area contributed by atoms with Crippen LogP contribution in [0.1, 0.15) is 46.5 Å². The summed E-state index contributed by atoms with van der Waals surface area (Å²) >= 11 is 7.36. The first-order chi connectivity index (χ1) is 9.68. The van der Waals surface area contributed by atoms with E-state index in [2.05, 4.69) is 0 Å². The summed E-state index contributed by atoms with van der Waals surface area (Å²) in [5.74, 6) is -2.87. The minimum Gasteiger partial charge on any atom is -0.300 e. The third-order valence-corrected chi connectivity index (χ3v) is 6.06. The Labute approximate surface area is 139 Å². The molecule has 1 unspecified atom stereocenters. The minimum absolute atomic E-state index is 0.00546. The zero-order valence-electron chi connectivity index (χ0n) is 12.6. The molecule has 21 heavy (non-hydrogen) atoms. The highest BCUT2D eigenvalue weighted by atomic mass is 32.2. The van der Waals surface area contributed by atoms with E-state index in [-0.39, 0.29) is 18.6 Å². The van der Waals surface area contributed by atoms with Gasteiger partial charge in [0.1, 0.15) is 14.7 Å². The van der Waals surface area contributed by atoms with Crippen LogP contribution in [0.25, 0.3) is 0 Å². The van der Waals surface area contributed by atoms with Gasteiger partial charge in [-0.3, -0.25) is 0 Å². The van der Waals surface area contributed by atoms with E-state index in [1.807, 2.05) is 6.92 Å². The van der Waals surface area contributed by atoms with E-state index >= 15 is 0 Å². The molecule has 0 amide bonds. The Morgan fingerprint density at radius 3 is 2.48 bits per heavy atom. The van der Waals surface area contributed by atoms with Gasteiger partial charge in [-0.1, -0.05) is 19.1 Å². The average molecular weight is 354 g/mol. The number of hydrogen-bond acceptors (Lipinski definition) is 5. The standard InChI is InChI=1S/C14H21F2NOS3/c1-4-8-20-12(19)21-10-14(15,16)13(3,9-17)7-5-6-11(2)18/h4-8,10H2,1-3H3. The summed E-state index contributed by atoms with van der Waals surface area (Å²) in [6.45, 7) is 4.67. The van der Waals surface area contributed by atoms with E-state index in [0.29, 0.717) is 9.95 Å². The van der Waals surface area contributed by atoms with Crippen molar-refractivity contribution in [2.75, 3.05) is 11.5 Å². The van der Waals surface area contributed by atoms with Crippen molar-refractivity contribution in [2.45, 2.75) is 52.4 Å². The molecule has 0 aliphatic carbocycles. The van der Waals surface area contributed by atoms with Gasteiger partial charge in [0.15, 0.2) is 0 Å². The first-order valence-corrected chi connectivity index (χ1v) is 9.14. The van der Waals surface area contributed by atoms with Gasteiger partial charge < -0.3 is 4.79 Å². The van der Waals surface area contributed by atoms with Crippen LogP contribution in [-0.2, 0) is 4.79 Å². The van der Waals surface area contributed by atoms with Crippen molar-refractivity contribution >= 4 is 45.1 Å². The van der Waals surface area contributed by atoms with Crippen LogP contribution in [0.3, 0.4) is 0 Å². The van der Waals surface area contributed by atoms with E-state index in [0.717, 1.165) is 23.9 Å². The first-order valence-electron chi connectivity index (χ1n) is 6.76. The summed E-state index contributed by atoms with van der Waals surface area (Å²) in [6.07, 6.45) is 1.47. The zero-order chi connectivity index (χ0) is 16.5. The fourth-order valence-corrected chi connectivity index (χ4v) is 3.72. The quantitative estimate of drug-likeness (QED) is 0.541. The molecule has 2 nitrogen and oxygen atoms in total. The van der Waals surface area contributed by atoms with Crippen molar-refractivity contribution in [2.24, 2.45) is 5.41 Å². The molecular formula is C14H21F2NOS3. The fourth-order valence-electron chi connectivity index (χ4n) is 1.55. The van der Waals surface area contributed by atoms with Gasteiger partial charge in [-0.2, -0.15) is 5.26 Å². The molecular weight excluding hydrogens is 332 g/mol. The second-order valence-corrected chi connectivity index (χ2v) is 8.37. The van der Waals surface area contributed by atoms with Gasteiger partial charge in [0.05, 0.1) is 11.8 Å². The van der Waals surface area contributed by atoms with Gasteiger partial charge in [-0.05, 0) is 38.9 Å². The van der Waals surface area contributed by atoms with Crippen molar-refractivity contribution in [3.63, 3.8) is 0 Å². The van der Waals surface area contributed by atoms with Crippen LogP contribution >= 0.6 is 35.7 Å². The Balaban J connectivity index is 4.56. The van der Waals surface area contributed by atoms with E-state index in [9.17, 15) is 13.6 Å². The number of nitrogens with zero attached hydrogens (tertiary/aromatic N) is 1. The number of nitriles is 1. The molecule has 0 aromatic carbocycles. The highest BCUT2D eigenvalue weighted by Crippen LogP contribution is 2.43. The largest absolute Gasteiger partial charge is 0.300 e. The summed E-state index contributed by atoms with van der Waals surface area (Å²) in [7, 11) is 0. The monoisotopic (exact) mass is 353 g/mol. The molecule has 7 heteroatoms. The molecule has 0 N–H and O–H groups in total. The van der Waals surface area contributed by atoms with Crippen molar-refractivity contribution < 1.29 is 13.6 Å². The maximum absolute atomic E-state index is 14.3. The molecule has 0 aliphatic heterocycles. The van der Waals surface area contributed by atoms with Crippen LogP contribution in [-0.4, -0.2) is 26.7 Å². The van der Waals surface area contributed by atoms with Crippen LogP contribution in [0.2, 0.25) is 0 Å². The summed E-state index contributed by atoms with van der Waals surface area (Å²) in [6, 6.07) is 1.73. The van der Waals surface area contributed by atoms with Crippen LogP contribution < -0.4 is 0 Å². The SMILES string of the molecule is CCCSC(=S)SCC(F)(F)C(C)(C#N)CCCC(C)=O. The van der Waals surface area contributed by atoms with Crippen LogP contribution in [0.4, 0.5) is 8.78 Å². The molecule has 0 radical (unpaired) electrons. The second-order valence-electron chi connectivity index (χ2n) is 5.09. The summed E-state index contributed by atoms with van der Waals surface area (Å²) < 4.78 is 29.1. The van der Waals surface area contributed by atoms with Gasteiger partial charge in [0.2, 0.25) is 0 Å². The predicted molar refractivity (Wildman–Crippen MR) is 91.0 cm³/mol. The molecule has 0 fully saturated rings. The van der Waals surface area contributed by atoms with E-state index < -0.39 is 17.1 Å². The lowest BCUT2D eigenvalue weighted by Gasteiger charge is -2.31. The zero-order valence-corrected chi connectivity index (χ0v) is 15.0. The Kier molecular flexibility index (Phi) is 9.66. The van der Waals surface area contributed by atoms with E-state index in [1.165, 1.54) is 25.6 Å². The number of ketones is 1. The van der Waals surface area contributed by atoms with Crippen LogP contribution in [0, 0.1) is 16.7 Å². The maximum atomic E-state index is 14.3. The molecule has 0 saturated carbocycles. The Morgan fingerprint density at radius 2 is 2.00 bits per heavy atom. The second kappa shape index (κ2) is 9.75. The van der Waals surface area contributed by atoms with Gasteiger partial charge in [-0.25, -0.2) is 8.78 Å². The number of thiocarbonyl (C=S) groups is 1. The lowest BCUT2D eigenvalue weighted by molar-refractivity contribution is -0.117. The third-order valence-electron chi connectivity index (χ3n) is 3.05.